The van der Waals surface area contributed by atoms with E-state index < -0.39 is 30.4 Å². The minimum atomic E-state index is -1.21. The summed E-state index contributed by atoms with van der Waals surface area (Å²) in [4.78, 5) is 45.0. The topological polar surface area (TPSA) is 145 Å². The van der Waals surface area contributed by atoms with Crippen molar-refractivity contribution in [3.8, 4) is 0 Å². The molecule has 9 nitrogen and oxygen atoms in total. The quantitative estimate of drug-likeness (QED) is 0.239. The van der Waals surface area contributed by atoms with E-state index in [1.165, 1.54) is 0 Å². The van der Waals surface area contributed by atoms with Crippen molar-refractivity contribution in [1.82, 2.24) is 15.4 Å². The van der Waals surface area contributed by atoms with E-state index in [9.17, 15) is 19.2 Å². The summed E-state index contributed by atoms with van der Waals surface area (Å²) < 4.78 is 3.21. The molecule has 1 rings (SSSR count). The molecule has 5 N–H and O–H groups in total. The predicted molar refractivity (Wildman–Crippen MR) is 91.9 cm³/mol. The van der Waals surface area contributed by atoms with Crippen molar-refractivity contribution in [2.24, 2.45) is 0 Å². The van der Waals surface area contributed by atoms with Crippen LogP contribution in [0.15, 0.2) is 0 Å². The lowest BCUT2D eigenvalue weighted by molar-refractivity contribution is -0.140. The number of aliphatic carboxylic acids is 2. The number of nitrogens with one attached hydrogen (secondary N) is 3. The molecule has 1 fully saturated rings. The molecular weight excluding hydrogens is 350 g/mol. The van der Waals surface area contributed by atoms with Gasteiger partial charge in [-0.15, -0.1) is 0 Å². The summed E-state index contributed by atoms with van der Waals surface area (Å²) in [7, 11) is 0. The van der Waals surface area contributed by atoms with E-state index >= 15 is 0 Å². The van der Waals surface area contributed by atoms with Gasteiger partial charge < -0.3 is 20.8 Å². The molecule has 1 heterocycles. The lowest BCUT2D eigenvalue weighted by Crippen LogP contribution is -2.48. The van der Waals surface area contributed by atoms with Crippen LogP contribution in [0.1, 0.15) is 44.9 Å². The lowest BCUT2D eigenvalue weighted by Gasteiger charge is -2.17. The lowest BCUT2D eigenvalue weighted by atomic mass is 10.1. The van der Waals surface area contributed by atoms with Crippen LogP contribution in [0.5, 0.6) is 0 Å². The molecule has 0 saturated carbocycles. The van der Waals surface area contributed by atoms with Gasteiger partial charge in [-0.05, 0) is 25.7 Å². The van der Waals surface area contributed by atoms with E-state index in [0.29, 0.717) is 11.7 Å². The minimum Gasteiger partial charge on any atom is -0.481 e. The van der Waals surface area contributed by atoms with Crippen LogP contribution in [0.4, 0.5) is 0 Å². The zero-order valence-corrected chi connectivity index (χ0v) is 14.8. The molecule has 0 spiro atoms. The van der Waals surface area contributed by atoms with Gasteiger partial charge in [0.25, 0.3) is 0 Å². The van der Waals surface area contributed by atoms with Crippen LogP contribution in [0.3, 0.4) is 0 Å². The van der Waals surface area contributed by atoms with Crippen molar-refractivity contribution in [3.63, 3.8) is 0 Å². The molecule has 0 radical (unpaired) electrons. The van der Waals surface area contributed by atoms with E-state index in [-0.39, 0.29) is 25.2 Å². The third kappa shape index (κ3) is 9.92. The first-order chi connectivity index (χ1) is 11.9. The molecule has 0 aromatic rings. The fraction of sp³-hybridized carbons (Fsp3) is 0.733. The third-order valence-corrected chi connectivity index (χ3v) is 4.89. The van der Waals surface area contributed by atoms with Crippen molar-refractivity contribution in [2.45, 2.75) is 56.2 Å². The number of hydrogen-bond acceptors (Lipinski definition) is 6. The monoisotopic (exact) mass is 375 g/mol. The smallest absolute Gasteiger partial charge is 0.322 e. The first kappa shape index (κ1) is 21.2. The number of unbranched alkanes of at least 4 members (excludes halogenated alkanes) is 1. The van der Waals surface area contributed by atoms with Crippen LogP contribution in [0.2, 0.25) is 0 Å². The Morgan fingerprint density at radius 1 is 1.12 bits per heavy atom. The summed E-state index contributed by atoms with van der Waals surface area (Å²) in [5.41, 5.74) is 0. The van der Waals surface area contributed by atoms with E-state index in [2.05, 4.69) is 15.4 Å². The number of amides is 2. The molecular formula is C15H25N3O6S. The maximum absolute atomic E-state index is 12.0. The van der Waals surface area contributed by atoms with Crippen LogP contribution in [0.25, 0.3) is 0 Å². The summed E-state index contributed by atoms with van der Waals surface area (Å²) in [6, 6.07) is -1.04. The third-order valence-electron chi connectivity index (χ3n) is 3.71. The van der Waals surface area contributed by atoms with Gasteiger partial charge >= 0.3 is 11.9 Å². The number of rotatable bonds is 12. The zero-order valence-electron chi connectivity index (χ0n) is 14.0. The molecule has 1 unspecified atom stereocenters. The Labute approximate surface area is 150 Å². The van der Waals surface area contributed by atoms with E-state index in [1.807, 2.05) is 0 Å². The summed E-state index contributed by atoms with van der Waals surface area (Å²) in [6.45, 7) is 0.428. The highest BCUT2D eigenvalue weighted by Gasteiger charge is 2.22. The maximum atomic E-state index is 12.0. The zero-order chi connectivity index (χ0) is 18.7. The molecule has 2 amide bonds. The fourth-order valence-electron chi connectivity index (χ4n) is 2.41. The number of carbonyl (C=O) groups excluding carboxylic acids is 2. The molecule has 0 bridgehead atoms. The van der Waals surface area contributed by atoms with Crippen molar-refractivity contribution < 1.29 is 29.4 Å². The van der Waals surface area contributed by atoms with Crippen molar-refractivity contribution in [1.29, 1.82) is 0 Å². The first-order valence-electron chi connectivity index (χ1n) is 8.27. The molecule has 25 heavy (non-hydrogen) atoms. The second-order valence-electron chi connectivity index (χ2n) is 5.83. The summed E-state index contributed by atoms with van der Waals surface area (Å²) in [5.74, 6) is -3.33. The Morgan fingerprint density at radius 3 is 2.48 bits per heavy atom. The second-order valence-corrected chi connectivity index (χ2v) is 7.02. The second kappa shape index (κ2) is 11.7. The largest absolute Gasteiger partial charge is 0.481 e. The fourth-order valence-corrected chi connectivity index (χ4v) is 3.40. The Bertz CT molecular complexity index is 482. The SMILES string of the molecule is O=C(O)CCC(NC(=O)CCCC[C@@H]1CCNS1)C(=O)NCC(=O)O. The maximum Gasteiger partial charge on any atom is 0.322 e. The van der Waals surface area contributed by atoms with E-state index in [0.717, 1.165) is 25.8 Å². The Hall–Kier alpha value is -1.81. The van der Waals surface area contributed by atoms with Gasteiger partial charge in [-0.25, -0.2) is 0 Å². The van der Waals surface area contributed by atoms with Crippen LogP contribution >= 0.6 is 11.9 Å². The summed E-state index contributed by atoms with van der Waals surface area (Å²) in [6.07, 6.45) is 3.60. The minimum absolute atomic E-state index is 0.0864. The first-order valence-corrected chi connectivity index (χ1v) is 9.15. The van der Waals surface area contributed by atoms with Crippen molar-refractivity contribution in [2.75, 3.05) is 13.1 Å². The average molecular weight is 375 g/mol. The number of carboxylic acid groups (broad SMARTS) is 2. The number of hydrogen-bond donors (Lipinski definition) is 5. The molecule has 1 saturated heterocycles. The predicted octanol–water partition coefficient (Wildman–Crippen LogP) is 0.107. The van der Waals surface area contributed by atoms with Gasteiger partial charge in [-0.3, -0.25) is 23.9 Å². The molecule has 10 heteroatoms. The van der Waals surface area contributed by atoms with Gasteiger partial charge in [0.2, 0.25) is 11.8 Å². The molecule has 0 aliphatic carbocycles. The van der Waals surface area contributed by atoms with Crippen LogP contribution in [0, 0.1) is 0 Å². The normalized spacial score (nSPS) is 17.7. The van der Waals surface area contributed by atoms with Gasteiger partial charge in [-0.2, -0.15) is 0 Å². The highest BCUT2D eigenvalue weighted by molar-refractivity contribution is 7.98. The van der Waals surface area contributed by atoms with Gasteiger partial charge in [0.15, 0.2) is 0 Å². The van der Waals surface area contributed by atoms with Gasteiger partial charge in [0.05, 0.1) is 0 Å². The Morgan fingerprint density at radius 2 is 1.88 bits per heavy atom. The van der Waals surface area contributed by atoms with Crippen LogP contribution in [-0.2, 0) is 19.2 Å². The Balaban J connectivity index is 2.34. The van der Waals surface area contributed by atoms with E-state index in [1.54, 1.807) is 11.9 Å². The van der Waals surface area contributed by atoms with Crippen molar-refractivity contribution >= 4 is 35.7 Å². The van der Waals surface area contributed by atoms with Gasteiger partial charge in [0, 0.05) is 24.6 Å². The molecule has 142 valence electrons. The molecule has 0 aromatic heterocycles. The van der Waals surface area contributed by atoms with Crippen molar-refractivity contribution in [3.05, 3.63) is 0 Å². The molecule has 1 aliphatic rings. The highest BCUT2D eigenvalue weighted by Crippen LogP contribution is 2.23. The molecule has 1 aliphatic heterocycles. The number of carbonyl (C=O) groups is 4. The summed E-state index contributed by atoms with van der Waals surface area (Å²) in [5, 5.41) is 22.5. The van der Waals surface area contributed by atoms with Crippen LogP contribution in [-0.4, -0.2) is 58.3 Å². The Kier molecular flexibility index (Phi) is 9.93. The van der Waals surface area contributed by atoms with Gasteiger partial charge in [0.1, 0.15) is 12.6 Å². The number of carboxylic acids is 2. The van der Waals surface area contributed by atoms with Crippen LogP contribution < -0.4 is 15.4 Å². The highest BCUT2D eigenvalue weighted by atomic mass is 32.2. The summed E-state index contributed by atoms with van der Waals surface area (Å²) >= 11 is 1.73. The average Bonchev–Trinajstić information content (AvgIpc) is 3.06. The van der Waals surface area contributed by atoms with Gasteiger partial charge in [-0.1, -0.05) is 18.4 Å². The molecule has 2 atom stereocenters. The molecule has 0 aromatic carbocycles. The standard InChI is InChI=1S/C15H25N3O6S/c19-12(4-2-1-3-10-7-8-17-25-10)18-11(5-6-13(20)21)15(24)16-9-14(22)23/h10-11,17H,1-9H2,(H,16,24)(H,18,19)(H,20,21)(H,22,23)/t10-,11?/m1/s1. The van der Waals surface area contributed by atoms with E-state index in [4.69, 9.17) is 10.2 Å².